The number of carbonyl (C=O) groups excluding carboxylic acids is 2. The molecule has 0 spiro atoms. The van der Waals surface area contributed by atoms with Gasteiger partial charge < -0.3 is 42.6 Å². The van der Waals surface area contributed by atoms with Gasteiger partial charge in [0, 0.05) is 26.1 Å². The average molecular weight is 1060 g/mol. The first-order chi connectivity index (χ1) is 37.0. The molecule has 3 atom stereocenters. The summed E-state index contributed by atoms with van der Waals surface area (Å²) in [4.78, 5) is 25.6. The van der Waals surface area contributed by atoms with Gasteiger partial charge in [0.25, 0.3) is 0 Å². The fourth-order valence-corrected chi connectivity index (χ4v) is 9.19. The predicted molar refractivity (Wildman–Crippen MR) is 309 cm³/mol. The Bertz CT molecular complexity index is 1300. The first kappa shape index (κ1) is 70.9. The van der Waals surface area contributed by atoms with Crippen LogP contribution < -0.4 is 0 Å². The van der Waals surface area contributed by atoms with Crippen molar-refractivity contribution < 1.29 is 52.2 Å². The van der Waals surface area contributed by atoms with Crippen molar-refractivity contribution in [2.24, 2.45) is 0 Å². The minimum Gasteiger partial charge on any atom is -0.462 e. The molecule has 0 amide bonds. The third kappa shape index (κ3) is 51.1. The third-order valence-corrected chi connectivity index (χ3v) is 13.9. The van der Waals surface area contributed by atoms with E-state index in [4.69, 9.17) is 42.6 Å². The summed E-state index contributed by atoms with van der Waals surface area (Å²) in [6.07, 6.45) is 40.1. The summed E-state index contributed by atoms with van der Waals surface area (Å²) in [6.45, 7) is 15.9. The molecule has 0 saturated carbocycles. The lowest BCUT2D eigenvalue weighted by Gasteiger charge is -2.19. The Morgan fingerprint density at radius 3 is 1.11 bits per heavy atom. The minimum absolute atomic E-state index is 0.0135. The molecule has 11 nitrogen and oxygen atoms in total. The van der Waals surface area contributed by atoms with Crippen molar-refractivity contribution in [2.45, 2.75) is 284 Å². The first-order valence-corrected chi connectivity index (χ1v) is 31.5. The van der Waals surface area contributed by atoms with E-state index < -0.39 is 0 Å². The molecule has 11 heteroatoms. The Morgan fingerprint density at radius 2 is 0.667 bits per heavy atom. The second kappa shape index (κ2) is 58.0. The lowest BCUT2D eigenvalue weighted by atomic mass is 10.0. The fraction of sp³-hybridized carbons (Fsp3) is 0.875. The zero-order valence-corrected chi connectivity index (χ0v) is 49.3. The van der Waals surface area contributed by atoms with E-state index in [1.54, 1.807) is 0 Å². The highest BCUT2D eigenvalue weighted by Gasteiger charge is 2.16. The van der Waals surface area contributed by atoms with Crippen molar-refractivity contribution >= 4 is 11.9 Å². The van der Waals surface area contributed by atoms with Crippen LogP contribution >= 0.6 is 0 Å². The molecule has 0 fully saturated rings. The second-order valence-electron chi connectivity index (χ2n) is 21.1. The van der Waals surface area contributed by atoms with Crippen molar-refractivity contribution in [1.82, 2.24) is 0 Å². The number of carbonyl (C=O) groups is 2. The highest BCUT2D eigenvalue weighted by atomic mass is 16.6. The molecular formula is C64H118O11. The number of rotatable bonds is 61. The van der Waals surface area contributed by atoms with Gasteiger partial charge in [-0.05, 0) is 82.6 Å². The molecule has 0 aliphatic carbocycles. The Balaban J connectivity index is 2.36. The van der Waals surface area contributed by atoms with Crippen LogP contribution in [0.4, 0.5) is 0 Å². The molecule has 3 unspecified atom stereocenters. The molecule has 1 rings (SSSR count). The number of hydrogen-bond acceptors (Lipinski definition) is 11. The number of benzene rings is 1. The average Bonchev–Trinajstić information content (AvgIpc) is 3.41. The first-order valence-electron chi connectivity index (χ1n) is 31.5. The van der Waals surface area contributed by atoms with Gasteiger partial charge in [0.1, 0.15) is 18.3 Å². The summed E-state index contributed by atoms with van der Waals surface area (Å²) in [6, 6.07) is 10.1. The van der Waals surface area contributed by atoms with Crippen molar-refractivity contribution in [2.75, 3.05) is 79.3 Å². The number of hydrogen-bond donors (Lipinski definition) is 0. The van der Waals surface area contributed by atoms with Crippen LogP contribution in [-0.2, 0) is 58.8 Å². The third-order valence-electron chi connectivity index (χ3n) is 13.9. The molecule has 0 bridgehead atoms. The SMILES string of the molecule is CCCCCCCCC(CCCCCC)OC(=O)CCCCCCCOCC(COCCOCCOCCOCCOCc1ccccc1)OCCCCCCCC(=O)OC(CCCCCC)CCCCCCCC. The maximum atomic E-state index is 12.8. The van der Waals surface area contributed by atoms with E-state index in [-0.39, 0.29) is 30.3 Å². The van der Waals surface area contributed by atoms with Crippen molar-refractivity contribution in [3.05, 3.63) is 35.9 Å². The topological polar surface area (TPSA) is 117 Å². The van der Waals surface area contributed by atoms with E-state index in [2.05, 4.69) is 39.8 Å². The van der Waals surface area contributed by atoms with Gasteiger partial charge in [0.05, 0.1) is 72.7 Å². The molecule has 75 heavy (non-hydrogen) atoms. The number of esters is 2. The minimum atomic E-state index is -0.152. The highest BCUT2D eigenvalue weighted by Crippen LogP contribution is 2.20. The zero-order chi connectivity index (χ0) is 54.0. The van der Waals surface area contributed by atoms with Crippen LogP contribution in [0.2, 0.25) is 0 Å². The van der Waals surface area contributed by atoms with E-state index in [1.165, 1.54) is 103 Å². The van der Waals surface area contributed by atoms with Crippen LogP contribution in [0.15, 0.2) is 30.3 Å². The summed E-state index contributed by atoms with van der Waals surface area (Å²) in [5.41, 5.74) is 1.16. The largest absolute Gasteiger partial charge is 0.462 e. The lowest BCUT2D eigenvalue weighted by molar-refractivity contribution is -0.151. The summed E-state index contributed by atoms with van der Waals surface area (Å²) in [5.74, 6) is -0.0302. The Hall–Kier alpha value is -2.12. The van der Waals surface area contributed by atoms with Crippen molar-refractivity contribution in [3.63, 3.8) is 0 Å². The van der Waals surface area contributed by atoms with Gasteiger partial charge in [-0.15, -0.1) is 0 Å². The van der Waals surface area contributed by atoms with Gasteiger partial charge in [-0.25, -0.2) is 0 Å². The van der Waals surface area contributed by atoms with Crippen molar-refractivity contribution in [3.8, 4) is 0 Å². The van der Waals surface area contributed by atoms with E-state index in [0.29, 0.717) is 98.7 Å². The summed E-state index contributed by atoms with van der Waals surface area (Å²) in [7, 11) is 0. The maximum absolute atomic E-state index is 12.8. The Kier molecular flexibility index (Phi) is 54.9. The van der Waals surface area contributed by atoms with Gasteiger partial charge in [0.2, 0.25) is 0 Å². The summed E-state index contributed by atoms with van der Waals surface area (Å²) < 4.78 is 53.1. The molecule has 0 aliphatic rings. The van der Waals surface area contributed by atoms with Crippen LogP contribution in [-0.4, -0.2) is 110 Å². The maximum Gasteiger partial charge on any atom is 0.306 e. The Morgan fingerprint density at radius 1 is 0.333 bits per heavy atom. The highest BCUT2D eigenvalue weighted by molar-refractivity contribution is 5.69. The van der Waals surface area contributed by atoms with Gasteiger partial charge in [0.15, 0.2) is 0 Å². The van der Waals surface area contributed by atoms with Crippen molar-refractivity contribution in [1.29, 1.82) is 0 Å². The zero-order valence-electron chi connectivity index (χ0n) is 49.3. The molecule has 0 aromatic heterocycles. The van der Waals surface area contributed by atoms with Gasteiger partial charge in [-0.3, -0.25) is 9.59 Å². The van der Waals surface area contributed by atoms with Crippen LogP contribution in [0.3, 0.4) is 0 Å². The van der Waals surface area contributed by atoms with Crippen LogP contribution in [0.5, 0.6) is 0 Å². The molecule has 0 heterocycles. The molecule has 0 radical (unpaired) electrons. The van der Waals surface area contributed by atoms with Gasteiger partial charge in [-0.2, -0.15) is 0 Å². The summed E-state index contributed by atoms with van der Waals surface area (Å²) in [5, 5.41) is 0. The van der Waals surface area contributed by atoms with Crippen LogP contribution in [0.1, 0.15) is 264 Å². The number of unbranched alkanes of at least 4 members (excludes halogenated alkanes) is 24. The molecule has 0 aliphatic heterocycles. The molecule has 440 valence electrons. The van der Waals surface area contributed by atoms with E-state index in [0.717, 1.165) is 121 Å². The number of ether oxygens (including phenoxy) is 9. The smallest absolute Gasteiger partial charge is 0.306 e. The molecule has 1 aromatic carbocycles. The van der Waals surface area contributed by atoms with E-state index in [9.17, 15) is 9.59 Å². The fourth-order valence-electron chi connectivity index (χ4n) is 9.19. The monoisotopic (exact) mass is 1060 g/mol. The lowest BCUT2D eigenvalue weighted by Crippen LogP contribution is -2.27. The van der Waals surface area contributed by atoms with Gasteiger partial charge in [-0.1, -0.05) is 199 Å². The molecule has 0 N–H and O–H groups in total. The normalized spacial score (nSPS) is 12.8. The summed E-state index contributed by atoms with van der Waals surface area (Å²) >= 11 is 0. The predicted octanol–water partition coefficient (Wildman–Crippen LogP) is 16.6. The molecule has 0 saturated heterocycles. The molecular weight excluding hydrogens is 945 g/mol. The van der Waals surface area contributed by atoms with E-state index in [1.807, 2.05) is 18.2 Å². The standard InChI is InChI=1S/C64H118O11/c1-5-9-13-17-21-32-42-60(40-30-15-11-7-3)74-63(65)44-34-23-19-25-36-46-70-57-62(58-72-55-53-69-51-49-67-48-50-68-52-54-71-56-59-38-28-27-29-39-59)73-47-37-26-20-24-35-45-64(66)75-61(41-31-16-12-8-4)43-33-22-18-14-10-6-2/h27-29,38-39,60-62H,5-26,30-37,40-58H2,1-4H3. The van der Waals surface area contributed by atoms with Gasteiger partial charge >= 0.3 is 11.9 Å². The van der Waals surface area contributed by atoms with Crippen LogP contribution in [0, 0.1) is 0 Å². The molecule has 1 aromatic rings. The second-order valence-corrected chi connectivity index (χ2v) is 21.1. The Labute approximate surface area is 461 Å². The van der Waals surface area contributed by atoms with E-state index >= 15 is 0 Å². The quantitative estimate of drug-likeness (QED) is 0.0458. The van der Waals surface area contributed by atoms with Crippen LogP contribution in [0.25, 0.3) is 0 Å².